The van der Waals surface area contributed by atoms with Crippen molar-refractivity contribution in [2.24, 2.45) is 0 Å². The lowest BCUT2D eigenvalue weighted by Crippen LogP contribution is -2.45. The zero-order valence-electron chi connectivity index (χ0n) is 15.8. The van der Waals surface area contributed by atoms with Crippen LogP contribution in [0.1, 0.15) is 33.6 Å². The van der Waals surface area contributed by atoms with E-state index in [4.69, 9.17) is 14.2 Å². The number of benzene rings is 1. The first-order valence-corrected chi connectivity index (χ1v) is 8.97. The third kappa shape index (κ3) is 7.31. The van der Waals surface area contributed by atoms with Gasteiger partial charge in [-0.1, -0.05) is 6.92 Å². The van der Waals surface area contributed by atoms with Gasteiger partial charge in [-0.05, 0) is 44.5 Å². The second kappa shape index (κ2) is 12.1. The number of aliphatic hydroxyl groups excluding tert-OH is 1. The number of nitrogens with zero attached hydrogens (tertiary/aromatic N) is 1. The normalized spacial score (nSPS) is 11.5. The molecule has 0 heterocycles. The first-order chi connectivity index (χ1) is 12.5. The van der Waals surface area contributed by atoms with Gasteiger partial charge in [-0.15, -0.1) is 0 Å². The van der Waals surface area contributed by atoms with Gasteiger partial charge in [0.2, 0.25) is 0 Å². The summed E-state index contributed by atoms with van der Waals surface area (Å²) in [6.45, 7) is 6.22. The summed E-state index contributed by atoms with van der Waals surface area (Å²) in [5.41, 5.74) is 0. The summed E-state index contributed by atoms with van der Waals surface area (Å²) < 4.78 is 15.8. The molecule has 1 atom stereocenters. The predicted molar refractivity (Wildman–Crippen MR) is 97.2 cm³/mol. The van der Waals surface area contributed by atoms with E-state index >= 15 is 0 Å². The zero-order valence-corrected chi connectivity index (χ0v) is 15.8. The summed E-state index contributed by atoms with van der Waals surface area (Å²) >= 11 is 0. The van der Waals surface area contributed by atoms with E-state index in [9.17, 15) is 14.7 Å². The highest BCUT2D eigenvalue weighted by molar-refractivity contribution is 5.79. The highest BCUT2D eigenvalue weighted by atomic mass is 16.5. The maximum atomic E-state index is 12.5. The van der Waals surface area contributed by atoms with Gasteiger partial charge in [-0.3, -0.25) is 9.59 Å². The lowest BCUT2D eigenvalue weighted by Gasteiger charge is -2.29. The Hall–Kier alpha value is -2.28. The van der Waals surface area contributed by atoms with Gasteiger partial charge in [0.05, 0.1) is 32.3 Å². The fraction of sp³-hybridized carbons (Fsp3) is 0.579. The molecule has 7 nitrogen and oxygen atoms in total. The Bertz CT molecular complexity index is 541. The SMILES string of the molecule is CCOC(=O)CCN(C(=O)COc1ccc(OCC)cc1)C(CC)CO. The van der Waals surface area contributed by atoms with Gasteiger partial charge in [0, 0.05) is 6.54 Å². The molecule has 1 rings (SSSR count). The van der Waals surface area contributed by atoms with Gasteiger partial charge in [0.25, 0.3) is 5.91 Å². The summed E-state index contributed by atoms with van der Waals surface area (Å²) in [4.78, 5) is 25.6. The third-order valence-corrected chi connectivity index (χ3v) is 3.80. The zero-order chi connectivity index (χ0) is 19.4. The molecule has 26 heavy (non-hydrogen) atoms. The van der Waals surface area contributed by atoms with E-state index in [1.165, 1.54) is 4.90 Å². The molecule has 1 aromatic carbocycles. The Kier molecular flexibility index (Phi) is 10.2. The van der Waals surface area contributed by atoms with E-state index in [2.05, 4.69) is 0 Å². The van der Waals surface area contributed by atoms with Gasteiger partial charge in [0.15, 0.2) is 6.61 Å². The molecule has 1 aromatic rings. The first kappa shape index (κ1) is 21.8. The van der Waals surface area contributed by atoms with Crippen LogP contribution in [0.4, 0.5) is 0 Å². The first-order valence-electron chi connectivity index (χ1n) is 8.97. The molecular formula is C19H29NO6. The molecule has 0 radical (unpaired) electrons. The molecule has 0 fully saturated rings. The van der Waals surface area contributed by atoms with E-state index in [0.717, 1.165) is 5.75 Å². The summed E-state index contributed by atoms with van der Waals surface area (Å²) in [6, 6.07) is 6.63. The van der Waals surface area contributed by atoms with Gasteiger partial charge in [-0.25, -0.2) is 0 Å². The molecule has 7 heteroatoms. The van der Waals surface area contributed by atoms with Crippen LogP contribution in [0.2, 0.25) is 0 Å². The number of aliphatic hydroxyl groups is 1. The fourth-order valence-corrected chi connectivity index (χ4v) is 2.43. The lowest BCUT2D eigenvalue weighted by molar-refractivity contribution is -0.145. The molecule has 0 aliphatic rings. The molecule has 0 bridgehead atoms. The summed E-state index contributed by atoms with van der Waals surface area (Å²) in [5, 5.41) is 9.52. The average molecular weight is 367 g/mol. The molecule has 1 amide bonds. The molecule has 0 aliphatic carbocycles. The minimum Gasteiger partial charge on any atom is -0.494 e. The maximum absolute atomic E-state index is 12.5. The van der Waals surface area contributed by atoms with Crippen LogP contribution >= 0.6 is 0 Å². The van der Waals surface area contributed by atoms with Crippen molar-refractivity contribution < 1.29 is 28.9 Å². The third-order valence-electron chi connectivity index (χ3n) is 3.80. The molecule has 146 valence electrons. The van der Waals surface area contributed by atoms with Crippen LogP contribution in [-0.2, 0) is 14.3 Å². The van der Waals surface area contributed by atoms with Crippen molar-refractivity contribution >= 4 is 11.9 Å². The number of carbonyl (C=O) groups is 2. The van der Waals surface area contributed by atoms with Crippen molar-refractivity contribution in [1.29, 1.82) is 0 Å². The van der Waals surface area contributed by atoms with Gasteiger partial charge in [0.1, 0.15) is 11.5 Å². The summed E-state index contributed by atoms with van der Waals surface area (Å²) in [6.07, 6.45) is 0.660. The van der Waals surface area contributed by atoms with E-state index < -0.39 is 0 Å². The van der Waals surface area contributed by atoms with E-state index in [-0.39, 0.29) is 44.1 Å². The Morgan fingerprint density at radius 3 is 2.15 bits per heavy atom. The largest absolute Gasteiger partial charge is 0.494 e. The molecule has 1 N–H and O–H groups in total. The molecule has 1 unspecified atom stereocenters. The molecule has 0 saturated carbocycles. The lowest BCUT2D eigenvalue weighted by atomic mass is 10.2. The van der Waals surface area contributed by atoms with Crippen LogP contribution in [0.15, 0.2) is 24.3 Å². The Balaban J connectivity index is 2.64. The van der Waals surface area contributed by atoms with Crippen molar-refractivity contribution in [1.82, 2.24) is 4.90 Å². The van der Waals surface area contributed by atoms with Crippen LogP contribution < -0.4 is 9.47 Å². The highest BCUT2D eigenvalue weighted by Gasteiger charge is 2.23. The van der Waals surface area contributed by atoms with E-state index in [0.29, 0.717) is 25.4 Å². The van der Waals surface area contributed by atoms with Crippen molar-refractivity contribution in [3.63, 3.8) is 0 Å². The Labute approximate surface area is 154 Å². The number of esters is 1. The van der Waals surface area contributed by atoms with Crippen LogP contribution in [0.25, 0.3) is 0 Å². The second-order valence-corrected chi connectivity index (χ2v) is 5.58. The Morgan fingerprint density at radius 1 is 1.04 bits per heavy atom. The number of ether oxygens (including phenoxy) is 3. The van der Waals surface area contributed by atoms with E-state index in [1.54, 1.807) is 31.2 Å². The molecule has 0 spiro atoms. The molecule has 0 aliphatic heterocycles. The predicted octanol–water partition coefficient (Wildman–Crippen LogP) is 2.02. The quantitative estimate of drug-likeness (QED) is 0.569. The molecular weight excluding hydrogens is 338 g/mol. The number of rotatable bonds is 12. The van der Waals surface area contributed by atoms with Crippen LogP contribution in [-0.4, -0.2) is 60.9 Å². The number of amides is 1. The summed E-state index contributed by atoms with van der Waals surface area (Å²) in [7, 11) is 0. The van der Waals surface area contributed by atoms with Crippen LogP contribution in [0, 0.1) is 0 Å². The smallest absolute Gasteiger partial charge is 0.307 e. The minimum atomic E-state index is -0.370. The number of carbonyl (C=O) groups excluding carboxylic acids is 2. The van der Waals surface area contributed by atoms with Crippen LogP contribution in [0.3, 0.4) is 0 Å². The number of hydrogen-bond donors (Lipinski definition) is 1. The Morgan fingerprint density at radius 2 is 1.65 bits per heavy atom. The van der Waals surface area contributed by atoms with Crippen molar-refractivity contribution in [2.45, 2.75) is 39.7 Å². The van der Waals surface area contributed by atoms with Crippen molar-refractivity contribution in [3.8, 4) is 11.5 Å². The maximum Gasteiger partial charge on any atom is 0.307 e. The van der Waals surface area contributed by atoms with Gasteiger partial charge < -0.3 is 24.2 Å². The van der Waals surface area contributed by atoms with E-state index in [1.807, 2.05) is 13.8 Å². The highest BCUT2D eigenvalue weighted by Crippen LogP contribution is 2.18. The molecule has 0 saturated heterocycles. The average Bonchev–Trinajstić information content (AvgIpc) is 2.64. The van der Waals surface area contributed by atoms with Gasteiger partial charge >= 0.3 is 5.97 Å². The monoisotopic (exact) mass is 367 g/mol. The second-order valence-electron chi connectivity index (χ2n) is 5.58. The minimum absolute atomic E-state index is 0.0825. The van der Waals surface area contributed by atoms with Gasteiger partial charge in [-0.2, -0.15) is 0 Å². The fourth-order valence-electron chi connectivity index (χ4n) is 2.43. The number of hydrogen-bond acceptors (Lipinski definition) is 6. The van der Waals surface area contributed by atoms with Crippen molar-refractivity contribution in [2.75, 3.05) is 33.0 Å². The standard InChI is InChI=1S/C19H29NO6/c1-4-15(13-21)20(12-11-19(23)25-6-3)18(22)14-26-17-9-7-16(8-10-17)24-5-2/h7-10,15,21H,4-6,11-14H2,1-3H3. The molecule has 0 aromatic heterocycles. The summed E-state index contributed by atoms with van der Waals surface area (Å²) in [5.74, 6) is 0.618. The van der Waals surface area contributed by atoms with Crippen molar-refractivity contribution in [3.05, 3.63) is 24.3 Å². The van der Waals surface area contributed by atoms with Crippen LogP contribution in [0.5, 0.6) is 11.5 Å². The topological polar surface area (TPSA) is 85.3 Å².